The van der Waals surface area contributed by atoms with Gasteiger partial charge in [-0.1, -0.05) is 0 Å². The highest BCUT2D eigenvalue weighted by Gasteiger charge is 2.22. The Bertz CT molecular complexity index is 374. The summed E-state index contributed by atoms with van der Waals surface area (Å²) in [7, 11) is 0. The summed E-state index contributed by atoms with van der Waals surface area (Å²) in [5.41, 5.74) is 1.70. The van der Waals surface area contributed by atoms with Crippen LogP contribution in [0, 0.1) is 25.5 Å². The molecule has 0 bridgehead atoms. The first-order chi connectivity index (χ1) is 7.61. The quantitative estimate of drug-likeness (QED) is 0.794. The van der Waals surface area contributed by atoms with Gasteiger partial charge in [0.1, 0.15) is 11.6 Å². The first kappa shape index (κ1) is 11.5. The lowest BCUT2D eigenvalue weighted by atomic mass is 9.95. The monoisotopic (exact) mass is 227 g/mol. The SMILES string of the molecule is Cc1c(F)cc(F)c(C)c1C1COCCN1. The van der Waals surface area contributed by atoms with Crippen LogP contribution in [0.2, 0.25) is 0 Å². The molecule has 1 aliphatic rings. The second-order valence-corrected chi connectivity index (χ2v) is 4.09. The van der Waals surface area contributed by atoms with Crippen molar-refractivity contribution >= 4 is 0 Å². The van der Waals surface area contributed by atoms with E-state index in [2.05, 4.69) is 5.32 Å². The number of hydrogen-bond acceptors (Lipinski definition) is 2. The molecule has 4 heteroatoms. The molecular weight excluding hydrogens is 212 g/mol. The maximum Gasteiger partial charge on any atom is 0.129 e. The van der Waals surface area contributed by atoms with E-state index in [4.69, 9.17) is 4.74 Å². The van der Waals surface area contributed by atoms with Gasteiger partial charge in [-0.25, -0.2) is 8.78 Å². The van der Waals surface area contributed by atoms with Crippen LogP contribution in [0.4, 0.5) is 8.78 Å². The fourth-order valence-electron chi connectivity index (χ4n) is 2.14. The van der Waals surface area contributed by atoms with Crippen LogP contribution in [0.15, 0.2) is 6.07 Å². The standard InChI is InChI=1S/C12H15F2NO/c1-7-9(13)5-10(14)8(2)12(7)11-6-16-4-3-15-11/h5,11,15H,3-4,6H2,1-2H3. The van der Waals surface area contributed by atoms with Gasteiger partial charge >= 0.3 is 0 Å². The molecule has 1 heterocycles. The molecule has 1 atom stereocenters. The zero-order chi connectivity index (χ0) is 11.7. The molecule has 1 fully saturated rings. The Morgan fingerprint density at radius 1 is 1.25 bits per heavy atom. The highest BCUT2D eigenvalue weighted by molar-refractivity contribution is 5.38. The maximum atomic E-state index is 13.5. The summed E-state index contributed by atoms with van der Waals surface area (Å²) in [6, 6.07) is 0.830. The summed E-state index contributed by atoms with van der Waals surface area (Å²) < 4.78 is 32.3. The minimum absolute atomic E-state index is 0.112. The number of morpholine rings is 1. The van der Waals surface area contributed by atoms with E-state index in [1.807, 2.05) is 0 Å². The fourth-order valence-corrected chi connectivity index (χ4v) is 2.14. The number of hydrogen-bond donors (Lipinski definition) is 1. The van der Waals surface area contributed by atoms with E-state index in [0.29, 0.717) is 36.4 Å². The van der Waals surface area contributed by atoms with Crippen LogP contribution < -0.4 is 5.32 Å². The summed E-state index contributed by atoms with van der Waals surface area (Å²) in [5, 5.41) is 3.21. The number of benzene rings is 1. The zero-order valence-corrected chi connectivity index (χ0v) is 9.44. The molecule has 0 aliphatic carbocycles. The van der Waals surface area contributed by atoms with Gasteiger partial charge in [-0.05, 0) is 30.5 Å². The topological polar surface area (TPSA) is 21.3 Å². The van der Waals surface area contributed by atoms with Crippen molar-refractivity contribution in [1.29, 1.82) is 0 Å². The summed E-state index contributed by atoms with van der Waals surface area (Å²) in [5.74, 6) is -0.990. The lowest BCUT2D eigenvalue weighted by Gasteiger charge is -2.27. The molecule has 1 N–H and O–H groups in total. The van der Waals surface area contributed by atoms with Crippen molar-refractivity contribution in [2.75, 3.05) is 19.8 Å². The highest BCUT2D eigenvalue weighted by atomic mass is 19.1. The van der Waals surface area contributed by atoms with Crippen LogP contribution >= 0.6 is 0 Å². The Morgan fingerprint density at radius 3 is 2.38 bits per heavy atom. The molecular formula is C12H15F2NO. The van der Waals surface area contributed by atoms with Crippen LogP contribution in [0.1, 0.15) is 22.7 Å². The zero-order valence-electron chi connectivity index (χ0n) is 9.44. The molecule has 0 radical (unpaired) electrons. The Hall–Kier alpha value is -1.00. The van der Waals surface area contributed by atoms with Crippen LogP contribution in [0.3, 0.4) is 0 Å². The van der Waals surface area contributed by atoms with Gasteiger partial charge in [0.2, 0.25) is 0 Å². The third kappa shape index (κ3) is 1.95. The predicted molar refractivity (Wildman–Crippen MR) is 57.4 cm³/mol. The number of rotatable bonds is 1. The molecule has 1 aromatic carbocycles. The minimum Gasteiger partial charge on any atom is -0.378 e. The first-order valence-electron chi connectivity index (χ1n) is 5.37. The summed E-state index contributed by atoms with van der Waals surface area (Å²) in [6.45, 7) is 5.17. The van der Waals surface area contributed by atoms with Gasteiger partial charge < -0.3 is 10.1 Å². The molecule has 1 saturated heterocycles. The third-order valence-electron chi connectivity index (χ3n) is 3.05. The van der Waals surface area contributed by atoms with Crippen molar-refractivity contribution in [3.8, 4) is 0 Å². The minimum atomic E-state index is -0.495. The van der Waals surface area contributed by atoms with Gasteiger partial charge in [-0.2, -0.15) is 0 Å². The van der Waals surface area contributed by atoms with Crippen molar-refractivity contribution < 1.29 is 13.5 Å². The predicted octanol–water partition coefficient (Wildman–Crippen LogP) is 2.24. The molecule has 1 aliphatic heterocycles. The van der Waals surface area contributed by atoms with Crippen molar-refractivity contribution in [3.63, 3.8) is 0 Å². The van der Waals surface area contributed by atoms with E-state index < -0.39 is 11.6 Å². The Labute approximate surface area is 93.6 Å². The molecule has 0 amide bonds. The van der Waals surface area contributed by atoms with Gasteiger partial charge in [0.05, 0.1) is 19.3 Å². The molecule has 0 spiro atoms. The third-order valence-corrected chi connectivity index (χ3v) is 3.05. The Balaban J connectivity index is 2.45. The number of ether oxygens (including phenoxy) is 1. The lowest BCUT2D eigenvalue weighted by molar-refractivity contribution is 0.0763. The highest BCUT2D eigenvalue weighted by Crippen LogP contribution is 2.27. The van der Waals surface area contributed by atoms with Crippen LogP contribution in [-0.2, 0) is 4.74 Å². The van der Waals surface area contributed by atoms with E-state index >= 15 is 0 Å². The Morgan fingerprint density at radius 2 is 1.88 bits per heavy atom. The van der Waals surface area contributed by atoms with E-state index in [1.165, 1.54) is 0 Å². The van der Waals surface area contributed by atoms with Gasteiger partial charge in [0.15, 0.2) is 0 Å². The van der Waals surface area contributed by atoms with Crippen molar-refractivity contribution in [3.05, 3.63) is 34.4 Å². The maximum absolute atomic E-state index is 13.5. The normalized spacial score (nSPS) is 21.1. The van der Waals surface area contributed by atoms with Crippen LogP contribution in [0.25, 0.3) is 0 Å². The second kappa shape index (κ2) is 4.47. The van der Waals surface area contributed by atoms with E-state index in [-0.39, 0.29) is 6.04 Å². The second-order valence-electron chi connectivity index (χ2n) is 4.09. The summed E-state index contributed by atoms with van der Waals surface area (Å²) in [6.07, 6.45) is 0. The van der Waals surface area contributed by atoms with E-state index in [9.17, 15) is 8.78 Å². The van der Waals surface area contributed by atoms with Crippen molar-refractivity contribution in [1.82, 2.24) is 5.32 Å². The Kier molecular flexibility index (Phi) is 3.21. The van der Waals surface area contributed by atoms with Gasteiger partial charge in [0, 0.05) is 12.6 Å². The van der Waals surface area contributed by atoms with Gasteiger partial charge in [-0.15, -0.1) is 0 Å². The smallest absolute Gasteiger partial charge is 0.129 e. The molecule has 1 aromatic rings. The summed E-state index contributed by atoms with van der Waals surface area (Å²) in [4.78, 5) is 0. The van der Waals surface area contributed by atoms with E-state index in [0.717, 1.165) is 6.07 Å². The fraction of sp³-hybridized carbons (Fsp3) is 0.500. The molecule has 2 rings (SSSR count). The van der Waals surface area contributed by atoms with Crippen LogP contribution in [0.5, 0.6) is 0 Å². The van der Waals surface area contributed by atoms with Crippen molar-refractivity contribution in [2.45, 2.75) is 19.9 Å². The molecule has 1 unspecified atom stereocenters. The van der Waals surface area contributed by atoms with Gasteiger partial charge in [0.25, 0.3) is 0 Å². The molecule has 0 aromatic heterocycles. The van der Waals surface area contributed by atoms with Crippen LogP contribution in [-0.4, -0.2) is 19.8 Å². The average molecular weight is 227 g/mol. The lowest BCUT2D eigenvalue weighted by Crippen LogP contribution is -2.35. The molecule has 88 valence electrons. The number of nitrogens with one attached hydrogen (secondary N) is 1. The molecule has 0 saturated carbocycles. The van der Waals surface area contributed by atoms with Crippen molar-refractivity contribution in [2.24, 2.45) is 0 Å². The summed E-state index contributed by atoms with van der Waals surface area (Å²) >= 11 is 0. The average Bonchev–Trinajstić information content (AvgIpc) is 2.28. The number of halogens is 2. The molecule has 16 heavy (non-hydrogen) atoms. The van der Waals surface area contributed by atoms with Gasteiger partial charge in [-0.3, -0.25) is 0 Å². The largest absolute Gasteiger partial charge is 0.378 e. The van der Waals surface area contributed by atoms with E-state index in [1.54, 1.807) is 13.8 Å². The first-order valence-corrected chi connectivity index (χ1v) is 5.37. The molecule has 2 nitrogen and oxygen atoms in total.